The minimum absolute atomic E-state index is 0.952. The summed E-state index contributed by atoms with van der Waals surface area (Å²) in [6.07, 6.45) is 1.99. The molecule has 4 aromatic carbocycles. The van der Waals surface area contributed by atoms with Crippen LogP contribution in [0.5, 0.6) is 0 Å². The van der Waals surface area contributed by atoms with E-state index < -0.39 is 5.31 Å². The second-order valence-electron chi connectivity index (χ2n) is 7.47. The summed E-state index contributed by atoms with van der Waals surface area (Å²) in [6, 6.07) is 41.9. The van der Waals surface area contributed by atoms with Gasteiger partial charge in [-0.05, 0) is 0 Å². The van der Waals surface area contributed by atoms with E-state index in [4.69, 9.17) is 0 Å². The van der Waals surface area contributed by atoms with E-state index in [9.17, 15) is 0 Å². The number of aryl methyl sites for hydroxylation is 1. The zero-order valence-corrected chi connectivity index (χ0v) is 19.2. The van der Waals surface area contributed by atoms with E-state index in [2.05, 4.69) is 138 Å². The van der Waals surface area contributed by atoms with Gasteiger partial charge in [-0.25, -0.2) is 0 Å². The molecule has 0 amide bonds. The summed E-state index contributed by atoms with van der Waals surface area (Å²) < 4.78 is 0. The Balaban J connectivity index is 2.10. The Labute approximate surface area is 182 Å². The maximum atomic E-state index is 4.55. The number of halogens is 1. The molecule has 0 aliphatic carbocycles. The summed E-state index contributed by atoms with van der Waals surface area (Å²) in [5.74, 6) is 0. The molecule has 0 aromatic heterocycles. The summed E-state index contributed by atoms with van der Waals surface area (Å²) in [5, 5.41) is 1.17. The van der Waals surface area contributed by atoms with Gasteiger partial charge in [0.25, 0.3) is 0 Å². The predicted octanol–water partition coefficient (Wildman–Crippen LogP) is 6.59. The van der Waals surface area contributed by atoms with Crippen LogP contribution in [0.3, 0.4) is 0 Å². The summed E-state index contributed by atoms with van der Waals surface area (Å²) in [5.41, 5.74) is 2.84. The molecule has 0 unspecified atom stereocenters. The van der Waals surface area contributed by atoms with Crippen molar-refractivity contribution in [2.75, 3.05) is 0 Å². The second-order valence-corrected chi connectivity index (χ2v) is 16.4. The van der Waals surface area contributed by atoms with Crippen molar-refractivity contribution in [3.8, 4) is 0 Å². The minimum atomic E-state index is -2.92. The van der Waals surface area contributed by atoms with Gasteiger partial charge in [-0.1, -0.05) is 0 Å². The van der Waals surface area contributed by atoms with Crippen molar-refractivity contribution in [1.82, 2.24) is 0 Å². The molecule has 146 valence electrons. The number of benzene rings is 4. The molecule has 0 heterocycles. The van der Waals surface area contributed by atoms with E-state index in [0.29, 0.717) is 0 Å². The first kappa shape index (κ1) is 20.1. The van der Waals surface area contributed by atoms with Gasteiger partial charge in [0.15, 0.2) is 0 Å². The van der Waals surface area contributed by atoms with E-state index in [1.54, 1.807) is 0 Å². The molecule has 4 rings (SSSR count). The van der Waals surface area contributed by atoms with Crippen molar-refractivity contribution in [2.45, 2.75) is 19.5 Å². The molecule has 0 bridgehead atoms. The Kier molecular flexibility index (Phi) is 5.72. The summed E-state index contributed by atoms with van der Waals surface area (Å²) in [6.45, 7) is 2.25. The van der Waals surface area contributed by atoms with Crippen LogP contribution in [0, 0.1) is 0 Å². The van der Waals surface area contributed by atoms with Crippen LogP contribution in [-0.2, 0) is 12.6 Å². The zero-order valence-electron chi connectivity index (χ0n) is 16.7. The summed E-state index contributed by atoms with van der Waals surface area (Å²) in [4.78, 5) is 0. The van der Waals surface area contributed by atoms with Crippen LogP contribution in [0.4, 0.5) is 0 Å². The third-order valence-electron chi connectivity index (χ3n) is 5.85. The van der Waals surface area contributed by atoms with Crippen molar-refractivity contribution >= 4 is 36.7 Å². The molecule has 0 N–H and O–H groups in total. The third-order valence-corrected chi connectivity index (χ3v) is 15.3. The first-order valence-corrected chi connectivity index (χ1v) is 14.6. The second kappa shape index (κ2) is 8.27. The molecule has 29 heavy (non-hydrogen) atoms. The molecule has 0 saturated carbocycles. The average molecular weight is 461 g/mol. The van der Waals surface area contributed by atoms with Crippen LogP contribution < -0.4 is 15.9 Å². The first-order valence-electron chi connectivity index (χ1n) is 10.1. The van der Waals surface area contributed by atoms with Crippen LogP contribution in [-0.4, -0.2) is 0 Å². The molecule has 2 heteroatoms. The van der Waals surface area contributed by atoms with E-state index in [0.717, 1.165) is 12.6 Å². The first-order chi connectivity index (χ1) is 14.2. The van der Waals surface area contributed by atoms with E-state index in [-0.39, 0.29) is 0 Å². The molecule has 4 aromatic rings. The Morgan fingerprint density at radius 1 is 0.517 bits per heavy atom. The van der Waals surface area contributed by atoms with Crippen molar-refractivity contribution in [3.05, 3.63) is 126 Å². The molecule has 0 nitrogen and oxygen atoms in total. The van der Waals surface area contributed by atoms with Gasteiger partial charge in [0, 0.05) is 0 Å². The molecule has 0 atom stereocenters. The molecule has 0 aliphatic rings. The molecule has 0 spiro atoms. The molecular weight excluding hydrogens is 435 g/mol. The van der Waals surface area contributed by atoms with Crippen molar-refractivity contribution in [1.29, 1.82) is 0 Å². The topological polar surface area (TPSA) is 0 Å². The Bertz CT molecular complexity index is 976. The van der Waals surface area contributed by atoms with Crippen molar-refractivity contribution in [2.24, 2.45) is 0 Å². The number of rotatable bonds is 6. The number of hydrogen-bond donors (Lipinski definition) is 0. The van der Waals surface area contributed by atoms with Gasteiger partial charge >= 0.3 is 183 Å². The summed E-state index contributed by atoms with van der Waals surface area (Å²) in [7, 11) is 0. The molecule has 0 radical (unpaired) electrons. The Morgan fingerprint density at radius 3 is 1.24 bits per heavy atom. The zero-order chi connectivity index (χ0) is 20.2. The monoisotopic (exact) mass is 460 g/mol. The third kappa shape index (κ3) is 3.48. The fraction of sp³-hybridized carbons (Fsp3) is 0.111. The van der Waals surface area contributed by atoms with Crippen molar-refractivity contribution < 1.29 is 0 Å². The quantitative estimate of drug-likeness (QED) is 0.284. The van der Waals surface area contributed by atoms with Gasteiger partial charge in [0.05, 0.1) is 0 Å². The average Bonchev–Trinajstić information content (AvgIpc) is 2.81. The van der Waals surface area contributed by atoms with E-state index in [1.165, 1.54) is 27.0 Å². The fourth-order valence-electron chi connectivity index (χ4n) is 4.31. The Hall–Kier alpha value is -2.21. The van der Waals surface area contributed by atoms with Crippen LogP contribution in [0.25, 0.3) is 0 Å². The van der Waals surface area contributed by atoms with Gasteiger partial charge in [0.1, 0.15) is 0 Å². The molecular formula is C27H26BrP. The van der Waals surface area contributed by atoms with E-state index in [1.807, 2.05) is 0 Å². The van der Waals surface area contributed by atoms with Gasteiger partial charge < -0.3 is 0 Å². The Morgan fingerprint density at radius 2 is 0.862 bits per heavy atom. The standard InChI is InChI=1S/C27H26BrP/c1-2-23-14-12-13-15-24(23)22-29(28,25-16-6-3-7-17-25,26-18-8-4-9-19-26)27-20-10-5-11-21-27/h3-21H,2,22H2,1H3. The van der Waals surface area contributed by atoms with Crippen LogP contribution in [0.2, 0.25) is 0 Å². The number of hydrogen-bond acceptors (Lipinski definition) is 0. The van der Waals surface area contributed by atoms with Gasteiger partial charge in [-0.3, -0.25) is 0 Å². The normalized spacial score (nSPS) is 12.8. The van der Waals surface area contributed by atoms with Gasteiger partial charge in [-0.15, -0.1) is 0 Å². The fourth-order valence-corrected chi connectivity index (χ4v) is 12.0. The molecule has 0 fully saturated rings. The van der Waals surface area contributed by atoms with E-state index >= 15 is 0 Å². The van der Waals surface area contributed by atoms with Gasteiger partial charge in [0.2, 0.25) is 0 Å². The van der Waals surface area contributed by atoms with Crippen LogP contribution in [0.15, 0.2) is 115 Å². The molecule has 0 saturated heterocycles. The molecule has 0 aliphatic heterocycles. The van der Waals surface area contributed by atoms with Crippen LogP contribution >= 0.6 is 20.8 Å². The maximum absolute atomic E-state index is 4.55. The van der Waals surface area contributed by atoms with Gasteiger partial charge in [-0.2, -0.15) is 0 Å². The van der Waals surface area contributed by atoms with Crippen LogP contribution in [0.1, 0.15) is 18.1 Å². The summed E-state index contributed by atoms with van der Waals surface area (Å²) >= 11 is 4.55. The van der Waals surface area contributed by atoms with Crippen molar-refractivity contribution in [3.63, 3.8) is 0 Å². The SMILES string of the molecule is CCc1ccccc1CP(Br)(c1ccccc1)(c1ccccc1)c1ccccc1. The predicted molar refractivity (Wildman–Crippen MR) is 134 cm³/mol.